The molecule has 2 aromatic rings. The first-order valence-corrected chi connectivity index (χ1v) is 5.28. The number of rotatable bonds is 3. The molecule has 0 aliphatic rings. The highest BCUT2D eigenvalue weighted by Gasteiger charge is 2.03. The number of hydrogen-bond acceptors (Lipinski definition) is 3. The van der Waals surface area contributed by atoms with Gasteiger partial charge in [-0.15, -0.1) is 0 Å². The largest absolute Gasteiger partial charge is 0.397 e. The maximum atomic E-state index is 11.7. The maximum absolute atomic E-state index is 11.7. The van der Waals surface area contributed by atoms with Crippen LogP contribution in [0.15, 0.2) is 48.8 Å². The monoisotopic (exact) mass is 227 g/mol. The van der Waals surface area contributed by atoms with E-state index in [2.05, 4.69) is 10.3 Å². The van der Waals surface area contributed by atoms with Crippen LogP contribution in [0.5, 0.6) is 0 Å². The zero-order chi connectivity index (χ0) is 12.1. The Labute approximate surface area is 99.5 Å². The molecule has 3 N–H and O–H groups in total. The Balaban J connectivity index is 1.98. The van der Waals surface area contributed by atoms with Crippen LogP contribution in [-0.4, -0.2) is 10.9 Å². The van der Waals surface area contributed by atoms with E-state index in [0.29, 0.717) is 17.8 Å². The molecule has 0 fully saturated rings. The van der Waals surface area contributed by atoms with E-state index in [4.69, 9.17) is 5.73 Å². The molecule has 1 aromatic heterocycles. The Hall–Kier alpha value is -2.36. The van der Waals surface area contributed by atoms with E-state index in [1.54, 1.807) is 12.3 Å². The zero-order valence-corrected chi connectivity index (χ0v) is 9.26. The van der Waals surface area contributed by atoms with Crippen molar-refractivity contribution in [2.45, 2.75) is 6.42 Å². The molecule has 0 saturated carbocycles. The van der Waals surface area contributed by atoms with E-state index in [-0.39, 0.29) is 5.91 Å². The summed E-state index contributed by atoms with van der Waals surface area (Å²) in [7, 11) is 0. The third-order valence-corrected chi connectivity index (χ3v) is 2.25. The van der Waals surface area contributed by atoms with Crippen LogP contribution in [0.4, 0.5) is 11.4 Å². The van der Waals surface area contributed by atoms with Crippen LogP contribution >= 0.6 is 0 Å². The Bertz CT molecular complexity index is 511. The molecule has 17 heavy (non-hydrogen) atoms. The maximum Gasteiger partial charge on any atom is 0.228 e. The number of benzene rings is 1. The van der Waals surface area contributed by atoms with Crippen LogP contribution in [0.25, 0.3) is 0 Å². The van der Waals surface area contributed by atoms with Crippen molar-refractivity contribution in [1.82, 2.24) is 4.98 Å². The fraction of sp³-hybridized carbons (Fsp3) is 0.0769. The van der Waals surface area contributed by atoms with Gasteiger partial charge in [-0.05, 0) is 11.6 Å². The first-order valence-electron chi connectivity index (χ1n) is 5.28. The molecule has 1 heterocycles. The molecule has 0 spiro atoms. The van der Waals surface area contributed by atoms with E-state index in [0.717, 1.165) is 5.56 Å². The first kappa shape index (κ1) is 11.1. The van der Waals surface area contributed by atoms with Crippen molar-refractivity contribution < 1.29 is 4.79 Å². The molecule has 1 aromatic carbocycles. The molecule has 0 radical (unpaired) electrons. The van der Waals surface area contributed by atoms with Crippen molar-refractivity contribution in [3.8, 4) is 0 Å². The molecule has 0 unspecified atom stereocenters. The molecule has 0 aliphatic carbocycles. The Morgan fingerprint density at radius 3 is 2.71 bits per heavy atom. The number of anilines is 2. The van der Waals surface area contributed by atoms with Gasteiger partial charge < -0.3 is 11.1 Å². The normalized spacial score (nSPS) is 9.88. The molecule has 0 bridgehead atoms. The topological polar surface area (TPSA) is 68.0 Å². The number of nitrogens with zero attached hydrogens (tertiary/aromatic N) is 1. The van der Waals surface area contributed by atoms with Gasteiger partial charge in [-0.25, -0.2) is 0 Å². The number of carbonyl (C=O) groups is 1. The number of amides is 1. The Morgan fingerprint density at radius 1 is 1.24 bits per heavy atom. The van der Waals surface area contributed by atoms with Crippen LogP contribution in [-0.2, 0) is 11.2 Å². The minimum atomic E-state index is -0.0800. The Morgan fingerprint density at radius 2 is 2.00 bits per heavy atom. The van der Waals surface area contributed by atoms with Crippen LogP contribution < -0.4 is 11.1 Å². The molecule has 2 rings (SSSR count). The van der Waals surface area contributed by atoms with Gasteiger partial charge >= 0.3 is 0 Å². The van der Waals surface area contributed by atoms with Crippen molar-refractivity contribution in [2.24, 2.45) is 0 Å². The van der Waals surface area contributed by atoms with Gasteiger partial charge in [-0.2, -0.15) is 0 Å². The lowest BCUT2D eigenvalue weighted by Gasteiger charge is -2.05. The molecule has 86 valence electrons. The van der Waals surface area contributed by atoms with E-state index >= 15 is 0 Å². The summed E-state index contributed by atoms with van der Waals surface area (Å²) in [6.45, 7) is 0. The smallest absolute Gasteiger partial charge is 0.228 e. The first-order chi connectivity index (χ1) is 8.24. The number of hydrogen-bond donors (Lipinski definition) is 2. The predicted molar refractivity (Wildman–Crippen MR) is 67.4 cm³/mol. The fourth-order valence-electron chi connectivity index (χ4n) is 1.51. The molecular formula is C13H13N3O. The molecule has 4 nitrogen and oxygen atoms in total. The number of nitrogen functional groups attached to an aromatic ring is 1. The van der Waals surface area contributed by atoms with Crippen LogP contribution in [0.3, 0.4) is 0 Å². The second-order valence-corrected chi connectivity index (χ2v) is 3.72. The van der Waals surface area contributed by atoms with Crippen molar-refractivity contribution in [1.29, 1.82) is 0 Å². The van der Waals surface area contributed by atoms with Gasteiger partial charge in [-0.1, -0.05) is 30.3 Å². The number of nitrogens with two attached hydrogens (primary N) is 1. The standard InChI is InChI=1S/C13H13N3O/c14-11-7-12(9-15-8-11)16-13(17)6-10-4-2-1-3-5-10/h1-5,7-9H,6,14H2,(H,16,17). The summed E-state index contributed by atoms with van der Waals surface area (Å²) >= 11 is 0. The van der Waals surface area contributed by atoms with Crippen molar-refractivity contribution in [3.05, 3.63) is 54.4 Å². The second kappa shape index (κ2) is 5.12. The van der Waals surface area contributed by atoms with Crippen molar-refractivity contribution in [2.75, 3.05) is 11.1 Å². The van der Waals surface area contributed by atoms with Crippen molar-refractivity contribution >= 4 is 17.3 Å². The van der Waals surface area contributed by atoms with Gasteiger partial charge in [0.25, 0.3) is 0 Å². The van der Waals surface area contributed by atoms with Gasteiger partial charge in [-0.3, -0.25) is 9.78 Å². The summed E-state index contributed by atoms with van der Waals surface area (Å²) in [6.07, 6.45) is 3.45. The van der Waals surface area contributed by atoms with E-state index in [1.807, 2.05) is 30.3 Å². The van der Waals surface area contributed by atoms with Gasteiger partial charge in [0.15, 0.2) is 0 Å². The molecule has 0 atom stereocenters. The fourth-order valence-corrected chi connectivity index (χ4v) is 1.51. The third kappa shape index (κ3) is 3.31. The van der Waals surface area contributed by atoms with Crippen LogP contribution in [0.1, 0.15) is 5.56 Å². The van der Waals surface area contributed by atoms with Crippen LogP contribution in [0, 0.1) is 0 Å². The lowest BCUT2D eigenvalue weighted by atomic mass is 10.1. The van der Waals surface area contributed by atoms with Gasteiger partial charge in [0, 0.05) is 6.20 Å². The summed E-state index contributed by atoms with van der Waals surface area (Å²) in [5.74, 6) is -0.0800. The summed E-state index contributed by atoms with van der Waals surface area (Å²) in [6, 6.07) is 11.2. The predicted octanol–water partition coefficient (Wildman–Crippen LogP) is 1.84. The lowest BCUT2D eigenvalue weighted by molar-refractivity contribution is -0.115. The summed E-state index contributed by atoms with van der Waals surface area (Å²) < 4.78 is 0. The number of nitrogens with one attached hydrogen (secondary N) is 1. The lowest BCUT2D eigenvalue weighted by Crippen LogP contribution is -2.14. The average molecular weight is 227 g/mol. The number of carbonyl (C=O) groups excluding carboxylic acids is 1. The molecule has 1 amide bonds. The summed E-state index contributed by atoms with van der Waals surface area (Å²) in [4.78, 5) is 15.6. The zero-order valence-electron chi connectivity index (χ0n) is 9.26. The van der Waals surface area contributed by atoms with E-state index < -0.39 is 0 Å². The SMILES string of the molecule is Nc1cncc(NC(=O)Cc2ccccc2)c1. The van der Waals surface area contributed by atoms with Crippen LogP contribution in [0.2, 0.25) is 0 Å². The average Bonchev–Trinajstić information content (AvgIpc) is 2.30. The molecule has 4 heteroatoms. The highest BCUT2D eigenvalue weighted by Crippen LogP contribution is 2.10. The second-order valence-electron chi connectivity index (χ2n) is 3.72. The molecular weight excluding hydrogens is 214 g/mol. The molecule has 0 aliphatic heterocycles. The van der Waals surface area contributed by atoms with E-state index in [9.17, 15) is 4.79 Å². The van der Waals surface area contributed by atoms with Crippen molar-refractivity contribution in [3.63, 3.8) is 0 Å². The number of aromatic nitrogens is 1. The third-order valence-electron chi connectivity index (χ3n) is 2.25. The quantitative estimate of drug-likeness (QED) is 0.840. The van der Waals surface area contributed by atoms with Gasteiger partial charge in [0.2, 0.25) is 5.91 Å². The molecule has 0 saturated heterocycles. The van der Waals surface area contributed by atoms with Gasteiger partial charge in [0.05, 0.1) is 24.0 Å². The minimum absolute atomic E-state index is 0.0800. The number of pyridine rings is 1. The summed E-state index contributed by atoms with van der Waals surface area (Å²) in [5.41, 5.74) is 7.69. The highest BCUT2D eigenvalue weighted by molar-refractivity contribution is 5.92. The van der Waals surface area contributed by atoms with E-state index in [1.165, 1.54) is 6.20 Å². The Kier molecular flexibility index (Phi) is 3.35. The minimum Gasteiger partial charge on any atom is -0.397 e. The summed E-state index contributed by atoms with van der Waals surface area (Å²) in [5, 5.41) is 2.75. The highest BCUT2D eigenvalue weighted by atomic mass is 16.1. The van der Waals surface area contributed by atoms with Gasteiger partial charge in [0.1, 0.15) is 0 Å².